The van der Waals surface area contributed by atoms with Crippen molar-refractivity contribution in [3.63, 3.8) is 0 Å². The summed E-state index contributed by atoms with van der Waals surface area (Å²) in [5.74, 6) is 0. The van der Waals surface area contributed by atoms with Gasteiger partial charge in [0, 0.05) is 32.7 Å². The van der Waals surface area contributed by atoms with Crippen LogP contribution in [0.25, 0.3) is 0 Å². The average molecular weight is 225 g/mol. The Morgan fingerprint density at radius 3 is 2.91 bits per heavy atom. The van der Waals surface area contributed by atoms with Crippen molar-refractivity contribution in [1.29, 1.82) is 0 Å². The quantitative estimate of drug-likeness (QED) is 0.406. The van der Waals surface area contributed by atoms with Gasteiger partial charge in [-0.05, 0) is 6.29 Å². The molecule has 0 unspecified atom stereocenters. The van der Waals surface area contributed by atoms with Crippen LogP contribution in [0.15, 0.2) is 23.8 Å². The maximum atomic E-state index is 10.1. The van der Waals surface area contributed by atoms with Gasteiger partial charge in [0.15, 0.2) is 0 Å². The van der Waals surface area contributed by atoms with Gasteiger partial charge in [-0.15, -0.1) is 6.92 Å². The molecule has 0 amide bonds. The molecule has 0 N–H and O–H groups in total. The van der Waals surface area contributed by atoms with Crippen molar-refractivity contribution < 1.29 is 38.9 Å². The first-order chi connectivity index (χ1) is 5.20. The molecule has 0 aromatic heterocycles. The Balaban J connectivity index is 0. The number of allylic oxidation sites excluding steroid dienone is 4. The molecule has 0 bridgehead atoms. The monoisotopic (exact) mass is 225 g/mol. The normalized spacial score (nSPS) is 12.2. The van der Waals surface area contributed by atoms with Gasteiger partial charge in [-0.25, -0.2) is 18.0 Å². The molecule has 0 aromatic rings. The molecule has 2 heteroatoms. The van der Waals surface area contributed by atoms with Gasteiger partial charge in [0.25, 0.3) is 0 Å². The fourth-order valence-corrected chi connectivity index (χ4v) is 0.429. The SMILES string of the molecule is [2H][C-](C)C=CC=C([C-]=O)C[CH2-].[Y]. The minimum atomic E-state index is 0. The number of rotatable bonds is 4. The number of hydrogen-bond acceptors (Lipinski definition) is 1. The molecule has 11 heavy (non-hydrogen) atoms. The molecule has 0 aliphatic rings. The van der Waals surface area contributed by atoms with E-state index in [9.17, 15) is 4.79 Å². The van der Waals surface area contributed by atoms with Gasteiger partial charge >= 0.3 is 0 Å². The Morgan fingerprint density at radius 2 is 2.55 bits per heavy atom. The van der Waals surface area contributed by atoms with Crippen LogP contribution in [0.1, 0.15) is 14.7 Å². The van der Waals surface area contributed by atoms with Crippen LogP contribution in [0.2, 0.25) is 0 Å². The van der Waals surface area contributed by atoms with Crippen LogP contribution in [0, 0.1) is 13.3 Å². The van der Waals surface area contributed by atoms with E-state index in [1.165, 1.54) is 0 Å². The first kappa shape index (κ1) is 11.1. The number of carbonyl (C=O) groups excluding carboxylic acids is 1. The van der Waals surface area contributed by atoms with Gasteiger partial charge in [-0.1, -0.05) is 1.37 Å². The molecule has 0 aliphatic heterocycles. The Labute approximate surface area is 95.2 Å². The molecule has 0 aromatic carbocycles. The molecule has 0 heterocycles. The van der Waals surface area contributed by atoms with E-state index in [4.69, 9.17) is 1.37 Å². The summed E-state index contributed by atoms with van der Waals surface area (Å²) in [4.78, 5) is 10.1. The van der Waals surface area contributed by atoms with Crippen LogP contribution in [0.5, 0.6) is 0 Å². The Hall–Kier alpha value is 0.124. The Morgan fingerprint density at radius 1 is 1.91 bits per heavy atom. The number of hydrogen-bond donors (Lipinski definition) is 0. The molecular weight excluding hydrogens is 213 g/mol. The van der Waals surface area contributed by atoms with E-state index < -0.39 is 0 Å². The van der Waals surface area contributed by atoms with Gasteiger partial charge in [-0.2, -0.15) is 6.42 Å². The van der Waals surface area contributed by atoms with Crippen LogP contribution in [0.4, 0.5) is 0 Å². The maximum absolute atomic E-state index is 10.1. The smallest absolute Gasteiger partial charge is 0 e. The third kappa shape index (κ3) is 8.03. The molecule has 1 nitrogen and oxygen atoms in total. The fourth-order valence-electron chi connectivity index (χ4n) is 0.429. The van der Waals surface area contributed by atoms with Gasteiger partial charge < -0.3 is 11.7 Å². The van der Waals surface area contributed by atoms with Crippen LogP contribution in [-0.4, -0.2) is 6.29 Å². The molecular formula is C9H11OY-3. The standard InChI is InChI=1S/C9H11O.Y/c1-3-5-6-7-9(4-2)8-10;/h3,5-7H,2,4H2,1H3;/q-3;/i3D;. The molecule has 1 radical (unpaired) electrons. The van der Waals surface area contributed by atoms with E-state index in [0.717, 1.165) is 0 Å². The van der Waals surface area contributed by atoms with E-state index in [-0.39, 0.29) is 32.7 Å². The first-order valence-corrected chi connectivity index (χ1v) is 3.05. The van der Waals surface area contributed by atoms with E-state index in [0.29, 0.717) is 18.4 Å². The largest absolute Gasteiger partial charge is 0.419 e. The van der Waals surface area contributed by atoms with Crippen LogP contribution in [-0.2, 0) is 37.5 Å². The fraction of sp³-hybridized carbons (Fsp3) is 0.222. The van der Waals surface area contributed by atoms with E-state index in [1.54, 1.807) is 31.4 Å². The molecule has 0 saturated carbocycles. The summed E-state index contributed by atoms with van der Waals surface area (Å²) in [5.41, 5.74) is 0.516. The molecule has 0 aliphatic carbocycles. The third-order valence-corrected chi connectivity index (χ3v) is 0.961. The minimum absolute atomic E-state index is 0. The second-order valence-corrected chi connectivity index (χ2v) is 1.69. The molecule has 0 atom stereocenters. The average Bonchev–Trinajstić information content (AvgIpc) is 1.98. The second kappa shape index (κ2) is 10.1. The van der Waals surface area contributed by atoms with Gasteiger partial charge in [0.1, 0.15) is 0 Å². The van der Waals surface area contributed by atoms with Crippen molar-refractivity contribution in [2.75, 3.05) is 0 Å². The van der Waals surface area contributed by atoms with Crippen molar-refractivity contribution in [2.45, 2.75) is 13.3 Å². The van der Waals surface area contributed by atoms with Gasteiger partial charge in [0.05, 0.1) is 0 Å². The first-order valence-electron chi connectivity index (χ1n) is 3.55. The predicted molar refractivity (Wildman–Crippen MR) is 42.9 cm³/mol. The van der Waals surface area contributed by atoms with Crippen LogP contribution in [0.3, 0.4) is 0 Å². The van der Waals surface area contributed by atoms with Crippen LogP contribution >= 0.6 is 0 Å². The summed E-state index contributed by atoms with van der Waals surface area (Å²) in [5, 5.41) is 0. The van der Waals surface area contributed by atoms with Crippen molar-refractivity contribution in [2.24, 2.45) is 0 Å². The Bertz CT molecular complexity index is 173. The zero-order valence-electron chi connectivity index (χ0n) is 7.63. The summed E-state index contributed by atoms with van der Waals surface area (Å²) in [7, 11) is 0. The van der Waals surface area contributed by atoms with E-state index in [1.807, 2.05) is 0 Å². The maximum Gasteiger partial charge on any atom is 0 e. The topological polar surface area (TPSA) is 17.1 Å². The van der Waals surface area contributed by atoms with E-state index in [2.05, 4.69) is 6.92 Å². The molecule has 0 saturated heterocycles. The zero-order valence-corrected chi connectivity index (χ0v) is 9.47. The molecule has 59 valence electrons. The van der Waals surface area contributed by atoms with Gasteiger partial charge in [0.2, 0.25) is 0 Å². The molecule has 0 rings (SSSR count). The summed E-state index contributed by atoms with van der Waals surface area (Å²) in [6.07, 6.45) is 7.50. The van der Waals surface area contributed by atoms with Gasteiger partial charge in [-0.3, -0.25) is 12.2 Å². The second-order valence-electron chi connectivity index (χ2n) is 1.69. The summed E-state index contributed by atoms with van der Waals surface area (Å²) >= 11 is 0. The van der Waals surface area contributed by atoms with Crippen molar-refractivity contribution in [3.8, 4) is 0 Å². The van der Waals surface area contributed by atoms with Crippen LogP contribution < -0.4 is 0 Å². The summed E-state index contributed by atoms with van der Waals surface area (Å²) in [6.45, 7) is 5.20. The molecule has 0 spiro atoms. The third-order valence-electron chi connectivity index (χ3n) is 0.961. The van der Waals surface area contributed by atoms with E-state index >= 15 is 0 Å². The summed E-state index contributed by atoms with van der Waals surface area (Å²) in [6, 6.07) is 0. The Kier molecular flexibility index (Phi) is 10.2. The van der Waals surface area contributed by atoms with Crippen molar-refractivity contribution >= 4 is 6.29 Å². The van der Waals surface area contributed by atoms with Crippen molar-refractivity contribution in [3.05, 3.63) is 37.1 Å². The summed E-state index contributed by atoms with van der Waals surface area (Å²) < 4.78 is 7.02. The zero-order chi connectivity index (χ0) is 8.69. The van der Waals surface area contributed by atoms with Crippen molar-refractivity contribution in [1.82, 2.24) is 0 Å². The molecule has 0 fully saturated rings. The predicted octanol–water partition coefficient (Wildman–Crippen LogP) is 2.02. The minimum Gasteiger partial charge on any atom is -0.419 e.